The molecule has 1 fully saturated rings. The molecule has 5 nitrogen and oxygen atoms in total. The van der Waals surface area contributed by atoms with E-state index in [0.29, 0.717) is 6.61 Å². The van der Waals surface area contributed by atoms with Gasteiger partial charge in [-0.05, 0) is 32.9 Å². The Hall–Kier alpha value is -0.810. The zero-order valence-corrected chi connectivity index (χ0v) is 11.9. The molecule has 0 saturated carbocycles. The van der Waals surface area contributed by atoms with Crippen molar-refractivity contribution >= 4 is 6.03 Å². The van der Waals surface area contributed by atoms with Gasteiger partial charge in [-0.2, -0.15) is 0 Å². The molecule has 1 saturated heterocycles. The van der Waals surface area contributed by atoms with E-state index in [-0.39, 0.29) is 12.1 Å². The molecule has 106 valence electrons. The predicted molar refractivity (Wildman–Crippen MR) is 72.8 cm³/mol. The molecule has 0 spiro atoms. The lowest BCUT2D eigenvalue weighted by atomic mass is 10.3. The summed E-state index contributed by atoms with van der Waals surface area (Å²) in [7, 11) is 1.65. The number of nitrogens with zero attached hydrogens (tertiary/aromatic N) is 2. The molecule has 1 aliphatic rings. The first-order chi connectivity index (χ1) is 8.67. The molecule has 0 aliphatic carbocycles. The number of amides is 2. The number of urea groups is 1. The van der Waals surface area contributed by atoms with Gasteiger partial charge in [0.25, 0.3) is 0 Å². The van der Waals surface area contributed by atoms with Gasteiger partial charge in [0.05, 0.1) is 12.6 Å². The summed E-state index contributed by atoms with van der Waals surface area (Å²) in [4.78, 5) is 16.4. The van der Waals surface area contributed by atoms with Crippen molar-refractivity contribution < 1.29 is 9.53 Å². The van der Waals surface area contributed by atoms with E-state index in [1.165, 1.54) is 6.42 Å². The topological polar surface area (TPSA) is 44.8 Å². The van der Waals surface area contributed by atoms with Crippen molar-refractivity contribution in [2.75, 3.05) is 46.4 Å². The molecule has 5 heteroatoms. The summed E-state index contributed by atoms with van der Waals surface area (Å²) in [6, 6.07) is 0.107. The molecule has 1 atom stereocenters. The minimum absolute atomic E-state index is 0.0397. The van der Waals surface area contributed by atoms with Crippen LogP contribution in [0.2, 0.25) is 0 Å². The first-order valence-electron chi connectivity index (χ1n) is 6.94. The molecule has 0 aromatic rings. The first kappa shape index (κ1) is 15.2. The monoisotopic (exact) mass is 257 g/mol. The van der Waals surface area contributed by atoms with Crippen LogP contribution in [0.1, 0.15) is 26.7 Å². The average molecular weight is 257 g/mol. The SMILES string of the molecule is CCCN1CCCN(C(=O)N[C@@H](C)COC)CC1. The number of ether oxygens (including phenoxy) is 1. The van der Waals surface area contributed by atoms with Gasteiger partial charge in [0, 0.05) is 26.7 Å². The average Bonchev–Trinajstić information content (AvgIpc) is 2.55. The lowest BCUT2D eigenvalue weighted by Crippen LogP contribution is -2.46. The fourth-order valence-corrected chi connectivity index (χ4v) is 2.31. The van der Waals surface area contributed by atoms with Gasteiger partial charge in [-0.1, -0.05) is 6.92 Å². The second-order valence-corrected chi connectivity index (χ2v) is 4.99. The van der Waals surface area contributed by atoms with Crippen molar-refractivity contribution in [2.24, 2.45) is 0 Å². The third-order valence-corrected chi connectivity index (χ3v) is 3.20. The van der Waals surface area contributed by atoms with Gasteiger partial charge in [0.15, 0.2) is 0 Å². The Kier molecular flexibility index (Phi) is 7.05. The summed E-state index contributed by atoms with van der Waals surface area (Å²) >= 11 is 0. The molecule has 0 bridgehead atoms. The Morgan fingerprint density at radius 3 is 2.78 bits per heavy atom. The molecule has 0 aromatic carbocycles. The molecule has 1 N–H and O–H groups in total. The highest BCUT2D eigenvalue weighted by Crippen LogP contribution is 2.04. The van der Waals surface area contributed by atoms with Crippen LogP contribution in [0.25, 0.3) is 0 Å². The maximum absolute atomic E-state index is 12.0. The number of carbonyl (C=O) groups is 1. The first-order valence-corrected chi connectivity index (χ1v) is 6.94. The van der Waals surface area contributed by atoms with Gasteiger partial charge in [-0.15, -0.1) is 0 Å². The molecule has 0 aromatic heterocycles. The third kappa shape index (κ3) is 5.23. The van der Waals surface area contributed by atoms with Crippen LogP contribution in [0.5, 0.6) is 0 Å². The Balaban J connectivity index is 2.35. The quantitative estimate of drug-likeness (QED) is 0.803. The molecule has 1 heterocycles. The zero-order chi connectivity index (χ0) is 13.4. The smallest absolute Gasteiger partial charge is 0.317 e. The molecular weight excluding hydrogens is 230 g/mol. The van der Waals surface area contributed by atoms with Crippen molar-refractivity contribution in [3.63, 3.8) is 0 Å². The minimum Gasteiger partial charge on any atom is -0.383 e. The maximum Gasteiger partial charge on any atom is 0.317 e. The number of hydrogen-bond acceptors (Lipinski definition) is 3. The molecule has 0 radical (unpaired) electrons. The van der Waals surface area contributed by atoms with E-state index in [1.807, 2.05) is 11.8 Å². The van der Waals surface area contributed by atoms with Crippen LogP contribution >= 0.6 is 0 Å². The normalized spacial score (nSPS) is 19.4. The molecule has 2 amide bonds. The van der Waals surface area contributed by atoms with Crippen molar-refractivity contribution in [1.29, 1.82) is 0 Å². The van der Waals surface area contributed by atoms with Crippen molar-refractivity contribution in [1.82, 2.24) is 15.1 Å². The number of hydrogen-bond donors (Lipinski definition) is 1. The van der Waals surface area contributed by atoms with Crippen LogP contribution in [-0.2, 0) is 4.74 Å². The summed E-state index contributed by atoms with van der Waals surface area (Å²) in [6.45, 7) is 9.62. The van der Waals surface area contributed by atoms with Crippen LogP contribution in [0.3, 0.4) is 0 Å². The number of rotatable bonds is 5. The Bertz CT molecular complexity index is 248. The van der Waals surface area contributed by atoms with Gasteiger partial charge < -0.3 is 19.9 Å². The van der Waals surface area contributed by atoms with Gasteiger partial charge in [0.1, 0.15) is 0 Å². The van der Waals surface area contributed by atoms with Crippen molar-refractivity contribution in [2.45, 2.75) is 32.7 Å². The van der Waals surface area contributed by atoms with E-state index in [1.54, 1.807) is 7.11 Å². The molecule has 1 rings (SSSR count). The number of nitrogens with one attached hydrogen (secondary N) is 1. The Morgan fingerprint density at radius 1 is 1.33 bits per heavy atom. The lowest BCUT2D eigenvalue weighted by Gasteiger charge is -2.24. The Labute approximate surface area is 110 Å². The van der Waals surface area contributed by atoms with E-state index >= 15 is 0 Å². The second kappa shape index (κ2) is 8.32. The summed E-state index contributed by atoms with van der Waals surface area (Å²) in [5, 5.41) is 2.97. The van der Waals surface area contributed by atoms with E-state index in [4.69, 9.17) is 4.74 Å². The van der Waals surface area contributed by atoms with E-state index in [0.717, 1.165) is 39.1 Å². The number of methoxy groups -OCH3 is 1. The van der Waals surface area contributed by atoms with Gasteiger partial charge in [-0.3, -0.25) is 0 Å². The van der Waals surface area contributed by atoms with Gasteiger partial charge >= 0.3 is 6.03 Å². The van der Waals surface area contributed by atoms with Crippen LogP contribution in [-0.4, -0.2) is 68.3 Å². The van der Waals surface area contributed by atoms with Crippen LogP contribution < -0.4 is 5.32 Å². The molecule has 0 unspecified atom stereocenters. The summed E-state index contributed by atoms with van der Waals surface area (Å²) in [5.41, 5.74) is 0. The number of carbonyl (C=O) groups excluding carboxylic acids is 1. The summed E-state index contributed by atoms with van der Waals surface area (Å²) < 4.78 is 5.02. The fourth-order valence-electron chi connectivity index (χ4n) is 2.31. The highest BCUT2D eigenvalue weighted by molar-refractivity contribution is 5.74. The third-order valence-electron chi connectivity index (χ3n) is 3.20. The molecular formula is C13H27N3O2. The van der Waals surface area contributed by atoms with Gasteiger partial charge in [0.2, 0.25) is 0 Å². The zero-order valence-electron chi connectivity index (χ0n) is 11.9. The van der Waals surface area contributed by atoms with Crippen LogP contribution in [0.4, 0.5) is 4.79 Å². The summed E-state index contributed by atoms with van der Waals surface area (Å²) in [6.07, 6.45) is 2.24. The van der Waals surface area contributed by atoms with E-state index in [9.17, 15) is 4.79 Å². The fraction of sp³-hybridized carbons (Fsp3) is 0.923. The maximum atomic E-state index is 12.0. The molecule has 18 heavy (non-hydrogen) atoms. The van der Waals surface area contributed by atoms with Crippen molar-refractivity contribution in [3.05, 3.63) is 0 Å². The highest BCUT2D eigenvalue weighted by atomic mass is 16.5. The van der Waals surface area contributed by atoms with E-state index in [2.05, 4.69) is 17.1 Å². The largest absolute Gasteiger partial charge is 0.383 e. The predicted octanol–water partition coefficient (Wildman–Crippen LogP) is 1.15. The minimum atomic E-state index is 0.0397. The van der Waals surface area contributed by atoms with Gasteiger partial charge in [-0.25, -0.2) is 4.79 Å². The van der Waals surface area contributed by atoms with Crippen molar-refractivity contribution in [3.8, 4) is 0 Å². The lowest BCUT2D eigenvalue weighted by molar-refractivity contribution is 0.159. The molecule has 1 aliphatic heterocycles. The Morgan fingerprint density at radius 2 is 2.11 bits per heavy atom. The van der Waals surface area contributed by atoms with E-state index < -0.39 is 0 Å². The second-order valence-electron chi connectivity index (χ2n) is 4.99. The standard InChI is InChI=1S/C13H27N3O2/c1-4-6-15-7-5-8-16(10-9-15)13(17)14-12(2)11-18-3/h12H,4-11H2,1-3H3,(H,14,17)/t12-/m0/s1. The van der Waals surface area contributed by atoms with Crippen LogP contribution in [0, 0.1) is 0 Å². The summed E-state index contributed by atoms with van der Waals surface area (Å²) in [5.74, 6) is 0. The highest BCUT2D eigenvalue weighted by Gasteiger charge is 2.19. The van der Waals surface area contributed by atoms with Crippen LogP contribution in [0.15, 0.2) is 0 Å².